The third-order valence-corrected chi connectivity index (χ3v) is 4.35. The minimum absolute atomic E-state index is 0.177. The van der Waals surface area contributed by atoms with E-state index in [2.05, 4.69) is 15.9 Å². The zero-order chi connectivity index (χ0) is 20.9. The van der Waals surface area contributed by atoms with Crippen molar-refractivity contribution in [2.24, 2.45) is 0 Å². The molecule has 2 aromatic carbocycles. The van der Waals surface area contributed by atoms with E-state index in [1.807, 2.05) is 32.7 Å². The predicted octanol–water partition coefficient (Wildman–Crippen LogP) is 5.05. The van der Waals surface area contributed by atoms with Gasteiger partial charge in [-0.3, -0.25) is 9.69 Å². The van der Waals surface area contributed by atoms with Crippen molar-refractivity contribution in [1.82, 2.24) is 4.90 Å². The number of esters is 1. The van der Waals surface area contributed by atoms with E-state index in [-0.39, 0.29) is 12.5 Å². The summed E-state index contributed by atoms with van der Waals surface area (Å²) < 4.78 is 38.2. The summed E-state index contributed by atoms with van der Waals surface area (Å²) in [5.41, 5.74) is 0.803. The monoisotopic (exact) mass is 455 g/mol. The van der Waals surface area contributed by atoms with Gasteiger partial charge in [0.25, 0.3) is 0 Å². The first-order valence-corrected chi connectivity index (χ1v) is 9.62. The van der Waals surface area contributed by atoms with Gasteiger partial charge in [0.05, 0.1) is 11.0 Å². The molecule has 2 rings (SSSR count). The number of benzene rings is 2. The van der Waals surface area contributed by atoms with Crippen molar-refractivity contribution in [3.63, 3.8) is 0 Å². The number of carbonyl (C=O) groups is 1. The minimum atomic E-state index is -0.887. The van der Waals surface area contributed by atoms with Crippen LogP contribution in [0.2, 0.25) is 0 Å². The molecule has 0 fully saturated rings. The molecule has 0 unspecified atom stereocenters. The second-order valence-corrected chi connectivity index (χ2v) is 8.30. The van der Waals surface area contributed by atoms with E-state index in [1.54, 1.807) is 18.2 Å². The fourth-order valence-corrected chi connectivity index (χ4v) is 2.95. The third kappa shape index (κ3) is 6.87. The standard InChI is InChI=1S/C21H24BrF2NO3/c1-21(2,3)28-20(26)13-25(4)9-10-27-19-8-6-14(11-16(19)22)15-5-7-17(23)18(24)12-15/h5-8,11-12H,9-10,13H2,1-4H3. The molecule has 2 aromatic rings. The predicted molar refractivity (Wildman–Crippen MR) is 108 cm³/mol. The Bertz CT molecular complexity index is 837. The van der Waals surface area contributed by atoms with Crippen LogP contribution in [0.3, 0.4) is 0 Å². The van der Waals surface area contributed by atoms with Gasteiger partial charge in [0, 0.05) is 6.54 Å². The zero-order valence-electron chi connectivity index (χ0n) is 16.4. The fraction of sp³-hybridized carbons (Fsp3) is 0.381. The van der Waals surface area contributed by atoms with Gasteiger partial charge >= 0.3 is 5.97 Å². The maximum Gasteiger partial charge on any atom is 0.320 e. The van der Waals surface area contributed by atoms with Gasteiger partial charge in [0.2, 0.25) is 0 Å². The number of nitrogens with zero attached hydrogens (tertiary/aromatic N) is 1. The molecule has 0 radical (unpaired) electrons. The molecule has 0 saturated carbocycles. The summed E-state index contributed by atoms with van der Waals surface area (Å²) in [5, 5.41) is 0. The molecule has 0 saturated heterocycles. The van der Waals surface area contributed by atoms with E-state index < -0.39 is 17.2 Å². The van der Waals surface area contributed by atoms with Crippen LogP contribution in [0.15, 0.2) is 40.9 Å². The second-order valence-electron chi connectivity index (χ2n) is 7.45. The number of rotatable bonds is 7. The largest absolute Gasteiger partial charge is 0.491 e. The molecule has 0 atom stereocenters. The maximum atomic E-state index is 13.4. The second kappa shape index (κ2) is 9.47. The van der Waals surface area contributed by atoms with E-state index >= 15 is 0 Å². The molecule has 0 aliphatic rings. The average molecular weight is 456 g/mol. The van der Waals surface area contributed by atoms with Gasteiger partial charge in [-0.2, -0.15) is 0 Å². The lowest BCUT2D eigenvalue weighted by molar-refractivity contribution is -0.155. The van der Waals surface area contributed by atoms with Gasteiger partial charge < -0.3 is 9.47 Å². The highest BCUT2D eigenvalue weighted by molar-refractivity contribution is 9.10. The van der Waals surface area contributed by atoms with Crippen LogP contribution >= 0.6 is 15.9 Å². The molecule has 0 aliphatic carbocycles. The molecule has 152 valence electrons. The molecule has 0 spiro atoms. The lowest BCUT2D eigenvalue weighted by Crippen LogP contribution is -2.34. The van der Waals surface area contributed by atoms with Gasteiger partial charge in [-0.1, -0.05) is 12.1 Å². The van der Waals surface area contributed by atoms with Crippen molar-refractivity contribution in [3.8, 4) is 16.9 Å². The van der Waals surface area contributed by atoms with Gasteiger partial charge in [-0.25, -0.2) is 8.78 Å². The Hall–Kier alpha value is -1.99. The normalized spacial score (nSPS) is 11.6. The summed E-state index contributed by atoms with van der Waals surface area (Å²) in [6.07, 6.45) is 0. The number of carbonyl (C=O) groups excluding carboxylic acids is 1. The summed E-state index contributed by atoms with van der Waals surface area (Å²) in [6, 6.07) is 9.09. The average Bonchev–Trinajstić information content (AvgIpc) is 2.57. The maximum absolute atomic E-state index is 13.4. The van der Waals surface area contributed by atoms with Gasteiger partial charge in [0.15, 0.2) is 11.6 Å². The van der Waals surface area contributed by atoms with Crippen molar-refractivity contribution in [1.29, 1.82) is 0 Å². The number of halogens is 3. The van der Waals surface area contributed by atoms with Crippen LogP contribution in [0.5, 0.6) is 5.75 Å². The lowest BCUT2D eigenvalue weighted by atomic mass is 10.1. The Kier molecular flexibility index (Phi) is 7.55. The van der Waals surface area contributed by atoms with Gasteiger partial charge in [0.1, 0.15) is 18.0 Å². The van der Waals surface area contributed by atoms with E-state index in [0.29, 0.717) is 28.9 Å². The Morgan fingerprint density at radius 3 is 2.32 bits per heavy atom. The van der Waals surface area contributed by atoms with Crippen molar-refractivity contribution in [2.45, 2.75) is 26.4 Å². The fourth-order valence-electron chi connectivity index (χ4n) is 2.46. The molecule has 0 bridgehead atoms. The molecule has 0 N–H and O–H groups in total. The van der Waals surface area contributed by atoms with Crippen LogP contribution < -0.4 is 4.74 Å². The summed E-state index contributed by atoms with van der Waals surface area (Å²) in [7, 11) is 1.81. The van der Waals surface area contributed by atoms with Crippen LogP contribution in [0.4, 0.5) is 8.78 Å². The summed E-state index contributed by atoms with van der Waals surface area (Å²) in [6.45, 7) is 6.58. The molecule has 0 aromatic heterocycles. The third-order valence-electron chi connectivity index (χ3n) is 3.73. The minimum Gasteiger partial charge on any atom is -0.491 e. The van der Waals surface area contributed by atoms with Crippen molar-refractivity contribution in [2.75, 3.05) is 26.7 Å². The van der Waals surface area contributed by atoms with Gasteiger partial charge in [-0.05, 0) is 79.1 Å². The van der Waals surface area contributed by atoms with Crippen LogP contribution in [-0.2, 0) is 9.53 Å². The molecule has 28 heavy (non-hydrogen) atoms. The van der Waals surface area contributed by atoms with Crippen LogP contribution in [0.1, 0.15) is 20.8 Å². The first-order chi connectivity index (χ1) is 13.0. The van der Waals surface area contributed by atoms with E-state index in [4.69, 9.17) is 9.47 Å². The first kappa shape index (κ1) is 22.3. The Balaban J connectivity index is 1.89. The summed E-state index contributed by atoms with van der Waals surface area (Å²) in [4.78, 5) is 13.6. The number of ether oxygens (including phenoxy) is 2. The lowest BCUT2D eigenvalue weighted by Gasteiger charge is -2.22. The van der Waals surface area contributed by atoms with E-state index in [1.165, 1.54) is 6.07 Å². The zero-order valence-corrected chi connectivity index (χ0v) is 18.0. The van der Waals surface area contributed by atoms with E-state index in [0.717, 1.165) is 17.7 Å². The molecule has 4 nitrogen and oxygen atoms in total. The molecule has 0 aliphatic heterocycles. The van der Waals surface area contributed by atoms with Crippen molar-refractivity contribution < 1.29 is 23.0 Å². The first-order valence-electron chi connectivity index (χ1n) is 8.83. The molecule has 7 heteroatoms. The number of hydrogen-bond donors (Lipinski definition) is 0. The van der Waals surface area contributed by atoms with Crippen LogP contribution in [0.25, 0.3) is 11.1 Å². The van der Waals surface area contributed by atoms with Crippen LogP contribution in [0, 0.1) is 11.6 Å². The summed E-state index contributed by atoms with van der Waals surface area (Å²) >= 11 is 3.44. The van der Waals surface area contributed by atoms with Crippen molar-refractivity contribution >= 4 is 21.9 Å². The number of likely N-dealkylation sites (N-methyl/N-ethyl adjacent to an activating group) is 1. The smallest absolute Gasteiger partial charge is 0.320 e. The summed E-state index contributed by atoms with van der Waals surface area (Å²) in [5.74, 6) is -1.43. The van der Waals surface area contributed by atoms with E-state index in [9.17, 15) is 13.6 Å². The molecular weight excluding hydrogens is 432 g/mol. The van der Waals surface area contributed by atoms with Crippen LogP contribution in [-0.4, -0.2) is 43.2 Å². The molecule has 0 heterocycles. The quantitative estimate of drug-likeness (QED) is 0.547. The highest BCUT2D eigenvalue weighted by Gasteiger charge is 2.17. The Labute approximate surface area is 172 Å². The highest BCUT2D eigenvalue weighted by atomic mass is 79.9. The molecular formula is C21H24BrF2NO3. The van der Waals surface area contributed by atoms with Crippen molar-refractivity contribution in [3.05, 3.63) is 52.5 Å². The topological polar surface area (TPSA) is 38.8 Å². The Morgan fingerprint density at radius 1 is 1.07 bits per heavy atom. The van der Waals surface area contributed by atoms with Gasteiger partial charge in [-0.15, -0.1) is 0 Å². The number of hydrogen-bond acceptors (Lipinski definition) is 4. The SMILES string of the molecule is CN(CCOc1ccc(-c2ccc(F)c(F)c2)cc1Br)CC(=O)OC(C)(C)C. The highest BCUT2D eigenvalue weighted by Crippen LogP contribution is 2.31. The molecule has 0 amide bonds. The Morgan fingerprint density at radius 2 is 1.71 bits per heavy atom.